The lowest BCUT2D eigenvalue weighted by molar-refractivity contribution is -0.143. The van der Waals surface area contributed by atoms with Gasteiger partial charge in [-0.3, -0.25) is 9.59 Å². The van der Waals surface area contributed by atoms with E-state index in [9.17, 15) is 19.8 Å². The molecule has 6 heteroatoms. The summed E-state index contributed by atoms with van der Waals surface area (Å²) in [7, 11) is 0. The molecule has 0 heterocycles. The maximum Gasteiger partial charge on any atom is 0.305 e. The Hall–Kier alpha value is -1.40. The van der Waals surface area contributed by atoms with Gasteiger partial charge in [-0.05, 0) is 32.1 Å². The van der Waals surface area contributed by atoms with Gasteiger partial charge in [-0.25, -0.2) is 0 Å². The first-order valence-corrected chi connectivity index (χ1v) is 37.0. The molecule has 1 amide bonds. The van der Waals surface area contributed by atoms with E-state index in [-0.39, 0.29) is 18.5 Å². The van der Waals surface area contributed by atoms with Gasteiger partial charge in [0.1, 0.15) is 0 Å². The van der Waals surface area contributed by atoms with Crippen molar-refractivity contribution >= 4 is 11.9 Å². The third kappa shape index (κ3) is 65.7. The summed E-state index contributed by atoms with van der Waals surface area (Å²) in [5.41, 5.74) is 0. The lowest BCUT2D eigenvalue weighted by Crippen LogP contribution is -2.45. The molecular weight excluding hydrogens is 983 g/mol. The Morgan fingerprint density at radius 1 is 0.338 bits per heavy atom. The Bertz CT molecular complexity index is 1210. The van der Waals surface area contributed by atoms with Gasteiger partial charge in [0.2, 0.25) is 5.91 Å². The average Bonchev–Trinajstić information content (AvgIpc) is 3.46. The highest BCUT2D eigenvalue weighted by Gasteiger charge is 2.18. The second kappa shape index (κ2) is 70.1. The number of aliphatic hydroxyl groups excluding tert-OH is 2. The van der Waals surface area contributed by atoms with Crippen LogP contribution in [0.3, 0.4) is 0 Å². The maximum absolute atomic E-state index is 12.5. The fraction of sp³-hybridized carbons (Fsp3) is 0.946. The minimum Gasteiger partial charge on any atom is -0.466 e. The molecule has 0 radical (unpaired) electrons. The van der Waals surface area contributed by atoms with Crippen LogP contribution in [0.5, 0.6) is 0 Å². The van der Waals surface area contributed by atoms with Crippen LogP contribution in [0.25, 0.3) is 0 Å². The number of hydrogen-bond donors (Lipinski definition) is 3. The summed E-state index contributed by atoms with van der Waals surface area (Å²) in [4.78, 5) is 24.6. The molecule has 2 unspecified atom stereocenters. The number of esters is 1. The molecule has 0 rings (SSSR count). The van der Waals surface area contributed by atoms with Crippen molar-refractivity contribution in [3.63, 3.8) is 0 Å². The van der Waals surface area contributed by atoms with E-state index < -0.39 is 12.1 Å². The molecule has 0 aliphatic carbocycles. The van der Waals surface area contributed by atoms with Gasteiger partial charge >= 0.3 is 5.97 Å². The fourth-order valence-electron chi connectivity index (χ4n) is 11.9. The number of unbranched alkanes of at least 4 members (excludes halogenated alkanes) is 59. The van der Waals surface area contributed by atoms with E-state index in [0.29, 0.717) is 19.4 Å². The van der Waals surface area contributed by atoms with Gasteiger partial charge in [0.05, 0.1) is 25.4 Å². The molecule has 0 bridgehead atoms. The summed E-state index contributed by atoms with van der Waals surface area (Å²) in [5, 5.41) is 23.3. The van der Waals surface area contributed by atoms with Crippen LogP contribution in [0.4, 0.5) is 0 Å². The van der Waals surface area contributed by atoms with E-state index in [4.69, 9.17) is 4.74 Å². The number of carbonyl (C=O) groups excluding carboxylic acids is 2. The third-order valence-electron chi connectivity index (χ3n) is 17.6. The highest BCUT2D eigenvalue weighted by atomic mass is 16.5. The van der Waals surface area contributed by atoms with Gasteiger partial charge in [0.25, 0.3) is 0 Å². The molecule has 476 valence electrons. The van der Waals surface area contributed by atoms with Gasteiger partial charge in [0, 0.05) is 12.8 Å². The van der Waals surface area contributed by atoms with E-state index >= 15 is 0 Å². The van der Waals surface area contributed by atoms with Crippen LogP contribution in [-0.2, 0) is 14.3 Å². The second-order valence-corrected chi connectivity index (χ2v) is 25.6. The summed E-state index contributed by atoms with van der Waals surface area (Å²) >= 11 is 0. The lowest BCUT2D eigenvalue weighted by atomic mass is 10.0. The summed E-state index contributed by atoms with van der Waals surface area (Å²) < 4.78 is 5.48. The van der Waals surface area contributed by atoms with Gasteiger partial charge < -0.3 is 20.3 Å². The third-order valence-corrected chi connectivity index (χ3v) is 17.6. The predicted molar refractivity (Wildman–Crippen MR) is 352 cm³/mol. The maximum atomic E-state index is 12.5. The Morgan fingerprint density at radius 2 is 0.575 bits per heavy atom. The van der Waals surface area contributed by atoms with E-state index in [1.165, 1.54) is 360 Å². The highest BCUT2D eigenvalue weighted by Crippen LogP contribution is 2.20. The lowest BCUT2D eigenvalue weighted by Gasteiger charge is -2.20. The van der Waals surface area contributed by atoms with Crippen molar-refractivity contribution < 1.29 is 24.5 Å². The molecule has 2 atom stereocenters. The van der Waals surface area contributed by atoms with E-state index in [2.05, 4.69) is 19.2 Å². The minimum atomic E-state index is -0.843. The number of aliphatic hydroxyl groups is 2. The van der Waals surface area contributed by atoms with E-state index in [1.54, 1.807) is 6.08 Å². The van der Waals surface area contributed by atoms with Gasteiger partial charge in [0.15, 0.2) is 0 Å². The van der Waals surface area contributed by atoms with Crippen molar-refractivity contribution in [2.24, 2.45) is 0 Å². The number of allylic oxidation sites excluding steroid dienone is 1. The van der Waals surface area contributed by atoms with E-state index in [1.807, 2.05) is 6.08 Å². The zero-order chi connectivity index (χ0) is 57.8. The quantitative estimate of drug-likeness (QED) is 0.0320. The molecule has 0 spiro atoms. The summed E-state index contributed by atoms with van der Waals surface area (Å²) in [6, 6.07) is -0.626. The van der Waals surface area contributed by atoms with Crippen LogP contribution in [0.15, 0.2) is 12.2 Å². The van der Waals surface area contributed by atoms with Crippen LogP contribution in [0.2, 0.25) is 0 Å². The number of rotatable bonds is 70. The SMILES string of the molecule is CCCCCCCCCCCCCCCCCCCCCCC/C=C/C(O)C(CO)NC(=O)CCCCCCCCCCCCCCCCCCCCCCCCCCCCCCCOC(=O)CCCCCCCCCCCCC. The molecule has 6 nitrogen and oxygen atoms in total. The van der Waals surface area contributed by atoms with Crippen LogP contribution < -0.4 is 5.32 Å². The molecule has 3 N–H and O–H groups in total. The first-order valence-electron chi connectivity index (χ1n) is 37.0. The van der Waals surface area contributed by atoms with Crippen molar-refractivity contribution in [3.05, 3.63) is 12.2 Å². The molecule has 0 saturated heterocycles. The molecule has 0 saturated carbocycles. The summed E-state index contributed by atoms with van der Waals surface area (Å²) in [6.07, 6.45) is 87.4. The van der Waals surface area contributed by atoms with E-state index in [0.717, 1.165) is 38.5 Å². The monoisotopic (exact) mass is 1130 g/mol. The summed E-state index contributed by atoms with van der Waals surface area (Å²) in [5.74, 6) is -0.0394. The number of nitrogens with one attached hydrogen (secondary N) is 1. The average molecular weight is 1130 g/mol. The minimum absolute atomic E-state index is 0.0199. The first kappa shape index (κ1) is 78.6. The number of ether oxygens (including phenoxy) is 1. The molecule has 0 aromatic carbocycles. The summed E-state index contributed by atoms with van der Waals surface area (Å²) in [6.45, 7) is 4.95. The Labute approximate surface area is 501 Å². The predicted octanol–water partition coefficient (Wildman–Crippen LogP) is 23.9. The standard InChI is InChI=1S/C74H145NO5/c1-3-5-7-9-11-13-15-16-17-18-19-20-28-31-34-37-40-43-47-50-54-58-62-66-72(77)71(70-76)75-73(78)67-63-59-55-51-48-44-41-38-35-32-29-26-24-22-21-23-25-27-30-33-36-39-42-45-49-53-57-61-65-69-80-74(79)68-64-60-56-52-46-14-12-10-8-6-4-2/h62,66,71-72,76-77H,3-61,63-65,67-70H2,1-2H3,(H,75,78)/b66-62+. The van der Waals surface area contributed by atoms with Gasteiger partial charge in [-0.1, -0.05) is 392 Å². The molecule has 80 heavy (non-hydrogen) atoms. The first-order chi connectivity index (χ1) is 39.5. The Morgan fingerprint density at radius 3 is 0.850 bits per heavy atom. The van der Waals surface area contributed by atoms with Crippen molar-refractivity contribution in [1.29, 1.82) is 0 Å². The largest absolute Gasteiger partial charge is 0.466 e. The fourth-order valence-corrected chi connectivity index (χ4v) is 11.9. The molecule has 0 fully saturated rings. The molecule has 0 aromatic rings. The second-order valence-electron chi connectivity index (χ2n) is 25.6. The topological polar surface area (TPSA) is 95.9 Å². The number of hydrogen-bond acceptors (Lipinski definition) is 5. The van der Waals surface area contributed by atoms with Crippen molar-refractivity contribution in [2.75, 3.05) is 13.2 Å². The zero-order valence-corrected chi connectivity index (χ0v) is 54.6. The van der Waals surface area contributed by atoms with Crippen molar-refractivity contribution in [2.45, 2.75) is 437 Å². The molecular formula is C74H145NO5. The number of carbonyl (C=O) groups is 2. The van der Waals surface area contributed by atoms with Gasteiger partial charge in [-0.2, -0.15) is 0 Å². The van der Waals surface area contributed by atoms with Gasteiger partial charge in [-0.15, -0.1) is 0 Å². The molecule has 0 aliphatic heterocycles. The normalized spacial score (nSPS) is 12.5. The van der Waals surface area contributed by atoms with Crippen LogP contribution in [-0.4, -0.2) is 47.4 Å². The smallest absolute Gasteiger partial charge is 0.305 e. The highest BCUT2D eigenvalue weighted by molar-refractivity contribution is 5.76. The Balaban J connectivity index is 3.37. The van der Waals surface area contributed by atoms with Crippen molar-refractivity contribution in [1.82, 2.24) is 5.32 Å². The van der Waals surface area contributed by atoms with Crippen molar-refractivity contribution in [3.8, 4) is 0 Å². The number of amides is 1. The molecule has 0 aliphatic rings. The van der Waals surface area contributed by atoms with Crippen LogP contribution in [0, 0.1) is 0 Å². The van der Waals surface area contributed by atoms with Crippen LogP contribution >= 0.6 is 0 Å². The van der Waals surface area contributed by atoms with Crippen LogP contribution in [0.1, 0.15) is 425 Å². The molecule has 0 aromatic heterocycles. The zero-order valence-electron chi connectivity index (χ0n) is 54.6. The Kier molecular flexibility index (Phi) is 68.9.